The van der Waals surface area contributed by atoms with Gasteiger partial charge in [-0.1, -0.05) is 5.16 Å². The standard InChI is InChI=1S/C12H24N2O2.C2H2O4/c1-9(10-5-6-10)14-16-8-11(15)7-13-12(2,3)4;3-1(4)2(5)6/h10-11,13,15H,5-8H2,1-4H3;(H,3,4)(H,5,6)/b14-9+;/t11-;/m0./s1. The highest BCUT2D eigenvalue weighted by Gasteiger charge is 2.25. The third-order valence-corrected chi connectivity index (χ3v) is 2.69. The van der Waals surface area contributed by atoms with Gasteiger partial charge in [0.15, 0.2) is 0 Å². The second kappa shape index (κ2) is 9.37. The second-order valence-corrected chi connectivity index (χ2v) is 6.20. The van der Waals surface area contributed by atoms with Crippen LogP contribution in [0.2, 0.25) is 0 Å². The van der Waals surface area contributed by atoms with E-state index in [0.29, 0.717) is 12.5 Å². The molecule has 1 saturated carbocycles. The highest BCUT2D eigenvalue weighted by Crippen LogP contribution is 2.30. The highest BCUT2D eigenvalue weighted by molar-refractivity contribution is 6.27. The fourth-order valence-electron chi connectivity index (χ4n) is 1.28. The Balaban J connectivity index is 0.000000626. The molecule has 4 N–H and O–H groups in total. The minimum absolute atomic E-state index is 0.0220. The van der Waals surface area contributed by atoms with Crippen LogP contribution in [0.25, 0.3) is 0 Å². The quantitative estimate of drug-likeness (QED) is 0.322. The number of oxime groups is 1. The van der Waals surface area contributed by atoms with Crippen molar-refractivity contribution in [3.63, 3.8) is 0 Å². The monoisotopic (exact) mass is 318 g/mol. The molecule has 8 nitrogen and oxygen atoms in total. The number of nitrogens with one attached hydrogen (secondary N) is 1. The van der Waals surface area contributed by atoms with Gasteiger partial charge in [-0.15, -0.1) is 0 Å². The first-order valence-electron chi connectivity index (χ1n) is 7.08. The molecule has 1 rings (SSSR count). The van der Waals surface area contributed by atoms with Gasteiger partial charge >= 0.3 is 11.9 Å². The van der Waals surface area contributed by atoms with E-state index in [0.717, 1.165) is 5.71 Å². The fourth-order valence-corrected chi connectivity index (χ4v) is 1.28. The summed E-state index contributed by atoms with van der Waals surface area (Å²) in [4.78, 5) is 23.3. The molecule has 0 saturated heterocycles. The highest BCUT2D eigenvalue weighted by atomic mass is 16.6. The van der Waals surface area contributed by atoms with Crippen molar-refractivity contribution >= 4 is 17.7 Å². The molecule has 0 spiro atoms. The Morgan fingerprint density at radius 1 is 1.27 bits per heavy atom. The zero-order chi connectivity index (χ0) is 17.3. The van der Waals surface area contributed by atoms with Gasteiger partial charge in [-0.2, -0.15) is 0 Å². The van der Waals surface area contributed by atoms with Gasteiger partial charge in [-0.05, 0) is 40.5 Å². The number of aliphatic carboxylic acids is 2. The summed E-state index contributed by atoms with van der Waals surface area (Å²) in [6, 6.07) is 0. The number of aliphatic hydroxyl groups excluding tert-OH is 1. The molecule has 128 valence electrons. The second-order valence-electron chi connectivity index (χ2n) is 6.20. The van der Waals surface area contributed by atoms with Gasteiger partial charge in [0, 0.05) is 18.0 Å². The van der Waals surface area contributed by atoms with Crippen LogP contribution in [0.3, 0.4) is 0 Å². The minimum Gasteiger partial charge on any atom is -0.473 e. The maximum atomic E-state index is 9.62. The normalized spacial score (nSPS) is 16.3. The molecule has 0 aromatic carbocycles. The van der Waals surface area contributed by atoms with Crippen molar-refractivity contribution in [2.45, 2.75) is 52.2 Å². The number of rotatable bonds is 6. The number of carboxylic acids is 2. The van der Waals surface area contributed by atoms with Gasteiger partial charge in [0.1, 0.15) is 12.7 Å². The number of β-amino-alcohol motifs (C(OH)–C–C–N with tert-alkyl or cyclic N) is 1. The Morgan fingerprint density at radius 3 is 2.14 bits per heavy atom. The lowest BCUT2D eigenvalue weighted by atomic mass is 10.1. The van der Waals surface area contributed by atoms with E-state index in [1.807, 2.05) is 6.92 Å². The Morgan fingerprint density at radius 2 is 1.77 bits per heavy atom. The van der Waals surface area contributed by atoms with Gasteiger partial charge in [-0.25, -0.2) is 9.59 Å². The summed E-state index contributed by atoms with van der Waals surface area (Å²) in [6.07, 6.45) is 1.95. The van der Waals surface area contributed by atoms with Crippen LogP contribution in [0, 0.1) is 5.92 Å². The lowest BCUT2D eigenvalue weighted by Crippen LogP contribution is -2.42. The summed E-state index contributed by atoms with van der Waals surface area (Å²) in [7, 11) is 0. The van der Waals surface area contributed by atoms with Crippen LogP contribution in [0.4, 0.5) is 0 Å². The number of nitrogens with zero attached hydrogens (tertiary/aromatic N) is 1. The van der Waals surface area contributed by atoms with Gasteiger partial charge in [0.05, 0.1) is 5.71 Å². The number of carboxylic acid groups (broad SMARTS) is 2. The summed E-state index contributed by atoms with van der Waals surface area (Å²) in [5, 5.41) is 31.6. The molecule has 0 heterocycles. The minimum atomic E-state index is -1.82. The Labute approximate surface area is 130 Å². The van der Waals surface area contributed by atoms with E-state index in [9.17, 15) is 5.11 Å². The number of carbonyl (C=O) groups is 2. The molecule has 0 bridgehead atoms. The average Bonchev–Trinajstić information content (AvgIpc) is 3.20. The molecule has 0 aromatic rings. The Kier molecular flexibility index (Phi) is 8.66. The third-order valence-electron chi connectivity index (χ3n) is 2.69. The summed E-state index contributed by atoms with van der Waals surface area (Å²) in [5.41, 5.74) is 1.07. The van der Waals surface area contributed by atoms with Gasteiger partial charge in [0.25, 0.3) is 0 Å². The molecule has 22 heavy (non-hydrogen) atoms. The van der Waals surface area contributed by atoms with Crippen molar-refractivity contribution in [1.82, 2.24) is 5.32 Å². The first-order chi connectivity index (χ1) is 10.0. The van der Waals surface area contributed by atoms with Crippen LogP contribution in [0.5, 0.6) is 0 Å². The van der Waals surface area contributed by atoms with E-state index < -0.39 is 18.0 Å². The van der Waals surface area contributed by atoms with Crippen LogP contribution >= 0.6 is 0 Å². The topological polar surface area (TPSA) is 128 Å². The van der Waals surface area contributed by atoms with E-state index >= 15 is 0 Å². The maximum absolute atomic E-state index is 9.62. The van der Waals surface area contributed by atoms with Crippen LogP contribution in [-0.2, 0) is 14.4 Å². The first kappa shape index (κ1) is 20.3. The largest absolute Gasteiger partial charge is 0.473 e. The molecule has 0 aliphatic heterocycles. The smallest absolute Gasteiger partial charge is 0.414 e. The third kappa shape index (κ3) is 12.1. The fraction of sp³-hybridized carbons (Fsp3) is 0.786. The average molecular weight is 318 g/mol. The molecule has 1 aliphatic carbocycles. The van der Waals surface area contributed by atoms with E-state index in [1.54, 1.807) is 0 Å². The maximum Gasteiger partial charge on any atom is 0.414 e. The van der Waals surface area contributed by atoms with E-state index in [1.165, 1.54) is 12.8 Å². The first-order valence-corrected chi connectivity index (χ1v) is 7.08. The predicted molar refractivity (Wildman–Crippen MR) is 80.8 cm³/mol. The van der Waals surface area contributed by atoms with E-state index in [2.05, 4.69) is 31.2 Å². The van der Waals surface area contributed by atoms with Crippen molar-refractivity contribution in [1.29, 1.82) is 0 Å². The molecule has 0 aromatic heterocycles. The van der Waals surface area contributed by atoms with Crippen molar-refractivity contribution in [3.8, 4) is 0 Å². The number of aliphatic hydroxyl groups is 1. The zero-order valence-electron chi connectivity index (χ0n) is 13.5. The molecule has 0 unspecified atom stereocenters. The zero-order valence-corrected chi connectivity index (χ0v) is 13.5. The van der Waals surface area contributed by atoms with E-state index in [4.69, 9.17) is 24.6 Å². The Hall–Kier alpha value is -1.67. The Bertz CT molecular complexity index is 387. The SMILES string of the molecule is C/C(=N\OC[C@@H](O)CNC(C)(C)C)C1CC1.O=C(O)C(=O)O. The molecule has 1 atom stereocenters. The van der Waals surface area contributed by atoms with E-state index in [-0.39, 0.29) is 12.1 Å². The summed E-state index contributed by atoms with van der Waals surface area (Å²) in [6.45, 7) is 8.97. The molecular weight excluding hydrogens is 292 g/mol. The molecule has 1 aliphatic rings. The van der Waals surface area contributed by atoms with Crippen molar-refractivity contribution in [3.05, 3.63) is 0 Å². The summed E-state index contributed by atoms with van der Waals surface area (Å²) >= 11 is 0. The molecule has 0 amide bonds. The lowest BCUT2D eigenvalue weighted by molar-refractivity contribution is -0.159. The van der Waals surface area contributed by atoms with Crippen molar-refractivity contribution < 1.29 is 29.7 Å². The van der Waals surface area contributed by atoms with Crippen LogP contribution in [0.15, 0.2) is 5.16 Å². The summed E-state index contributed by atoms with van der Waals surface area (Å²) in [5.74, 6) is -3.02. The van der Waals surface area contributed by atoms with Crippen LogP contribution in [-0.4, -0.2) is 57.8 Å². The lowest BCUT2D eigenvalue weighted by Gasteiger charge is -2.22. The predicted octanol–water partition coefficient (Wildman–Crippen LogP) is 0.694. The molecule has 0 radical (unpaired) electrons. The van der Waals surface area contributed by atoms with Crippen LogP contribution < -0.4 is 5.32 Å². The van der Waals surface area contributed by atoms with Crippen LogP contribution in [0.1, 0.15) is 40.5 Å². The molecule has 8 heteroatoms. The number of hydrogen-bond acceptors (Lipinski definition) is 6. The van der Waals surface area contributed by atoms with Crippen molar-refractivity contribution in [2.75, 3.05) is 13.2 Å². The molecule has 1 fully saturated rings. The van der Waals surface area contributed by atoms with Gasteiger partial charge in [0.2, 0.25) is 0 Å². The summed E-state index contributed by atoms with van der Waals surface area (Å²) < 4.78 is 0. The van der Waals surface area contributed by atoms with Gasteiger partial charge < -0.3 is 25.5 Å². The van der Waals surface area contributed by atoms with Gasteiger partial charge in [-0.3, -0.25) is 0 Å². The molecular formula is C14H26N2O6. The number of hydrogen-bond donors (Lipinski definition) is 4. The van der Waals surface area contributed by atoms with Crippen molar-refractivity contribution in [2.24, 2.45) is 11.1 Å².